The Labute approximate surface area is 229 Å². The monoisotopic (exact) mass is 555 g/mol. The molecule has 1 heterocycles. The number of fused-ring (bicyclic) bond motifs is 1. The van der Waals surface area contributed by atoms with Gasteiger partial charge in [-0.15, -0.1) is 0 Å². The third-order valence-electron chi connectivity index (χ3n) is 8.09. The summed E-state index contributed by atoms with van der Waals surface area (Å²) in [5.41, 5.74) is 1.86. The summed E-state index contributed by atoms with van der Waals surface area (Å²) >= 11 is 0. The van der Waals surface area contributed by atoms with Crippen LogP contribution in [0.1, 0.15) is 59.1 Å². The molecular formula is C30H42FNO4Si2. The molecule has 0 aromatic heterocycles. The number of rotatable bonds is 6. The van der Waals surface area contributed by atoms with E-state index < -0.39 is 22.5 Å². The van der Waals surface area contributed by atoms with Crippen molar-refractivity contribution in [2.45, 2.75) is 90.6 Å². The van der Waals surface area contributed by atoms with Crippen molar-refractivity contribution >= 4 is 40.2 Å². The van der Waals surface area contributed by atoms with Gasteiger partial charge in [0.2, 0.25) is 5.91 Å². The van der Waals surface area contributed by atoms with Crippen molar-refractivity contribution < 1.29 is 22.8 Å². The van der Waals surface area contributed by atoms with E-state index in [1.54, 1.807) is 6.08 Å². The van der Waals surface area contributed by atoms with Gasteiger partial charge in [0, 0.05) is 12.5 Å². The molecule has 0 aliphatic carbocycles. The molecule has 3 rings (SSSR count). The van der Waals surface area contributed by atoms with E-state index in [1.807, 2.05) is 18.2 Å². The number of imide groups is 1. The highest BCUT2D eigenvalue weighted by atomic mass is 28.4. The van der Waals surface area contributed by atoms with Crippen LogP contribution in [0.25, 0.3) is 6.08 Å². The van der Waals surface area contributed by atoms with Gasteiger partial charge in [0.05, 0.1) is 5.69 Å². The summed E-state index contributed by atoms with van der Waals surface area (Å²) in [6.45, 7) is 22.0. The molecule has 1 aliphatic heterocycles. The van der Waals surface area contributed by atoms with E-state index in [1.165, 1.54) is 24.3 Å². The van der Waals surface area contributed by atoms with Crippen LogP contribution in [0.3, 0.4) is 0 Å². The van der Waals surface area contributed by atoms with Crippen molar-refractivity contribution in [3.05, 3.63) is 59.4 Å². The van der Waals surface area contributed by atoms with Gasteiger partial charge in [-0.1, -0.05) is 47.6 Å². The third kappa shape index (κ3) is 6.46. The first-order valence-electron chi connectivity index (χ1n) is 13.2. The molecule has 2 aromatic carbocycles. The zero-order valence-electron chi connectivity index (χ0n) is 24.5. The van der Waals surface area contributed by atoms with Gasteiger partial charge in [-0.05, 0) is 90.2 Å². The smallest absolute Gasteiger partial charge is 0.257 e. The van der Waals surface area contributed by atoms with Crippen LogP contribution in [0.4, 0.5) is 10.1 Å². The van der Waals surface area contributed by atoms with Crippen LogP contribution >= 0.6 is 0 Å². The van der Waals surface area contributed by atoms with Crippen LogP contribution in [-0.4, -0.2) is 28.4 Å². The fourth-order valence-corrected chi connectivity index (χ4v) is 5.63. The van der Waals surface area contributed by atoms with Crippen molar-refractivity contribution in [3.63, 3.8) is 0 Å². The summed E-state index contributed by atoms with van der Waals surface area (Å²) in [4.78, 5) is 26.9. The average Bonchev–Trinajstić information content (AvgIpc) is 2.77. The molecule has 206 valence electrons. The van der Waals surface area contributed by atoms with Crippen molar-refractivity contribution in [1.29, 1.82) is 0 Å². The molecule has 0 unspecified atom stereocenters. The van der Waals surface area contributed by atoms with Gasteiger partial charge in [0.1, 0.15) is 17.3 Å². The predicted octanol–water partition coefficient (Wildman–Crippen LogP) is 8.11. The molecular weight excluding hydrogens is 514 g/mol. The Bertz CT molecular complexity index is 1260. The zero-order chi connectivity index (χ0) is 28.7. The average molecular weight is 556 g/mol. The number of hydrogen-bond acceptors (Lipinski definition) is 4. The van der Waals surface area contributed by atoms with Gasteiger partial charge in [-0.25, -0.2) is 9.29 Å². The summed E-state index contributed by atoms with van der Waals surface area (Å²) < 4.78 is 27.1. The van der Waals surface area contributed by atoms with Crippen molar-refractivity contribution in [2.75, 3.05) is 4.90 Å². The Hall–Kier alpha value is -2.72. The summed E-state index contributed by atoms with van der Waals surface area (Å²) in [5.74, 6) is 0.253. The molecule has 0 atom stereocenters. The molecule has 38 heavy (non-hydrogen) atoms. The van der Waals surface area contributed by atoms with Gasteiger partial charge >= 0.3 is 0 Å². The molecule has 0 N–H and O–H groups in total. The molecule has 5 nitrogen and oxygen atoms in total. The lowest BCUT2D eigenvalue weighted by Gasteiger charge is -2.39. The summed E-state index contributed by atoms with van der Waals surface area (Å²) in [7, 11) is -4.31. The highest BCUT2D eigenvalue weighted by Crippen LogP contribution is 2.44. The predicted molar refractivity (Wildman–Crippen MR) is 158 cm³/mol. The van der Waals surface area contributed by atoms with Gasteiger partial charge in [-0.3, -0.25) is 9.59 Å². The maximum atomic E-state index is 13.7. The second-order valence-electron chi connectivity index (χ2n) is 13.1. The Morgan fingerprint density at radius 2 is 1.45 bits per heavy atom. The standard InChI is InChI=1S/C30H42FNO4Si2/c1-29(2,3)37(7,8)35-25-16-11-21(19-26(25)36-38(9,10)30(4,5)6)12-17-27(33)32-24-15-14-23(31)20-22(24)13-18-28(32)34/h11-12,14-17,19-20H,13,18H2,1-10H3. The topological polar surface area (TPSA) is 55.8 Å². The molecule has 2 amide bonds. The number of amides is 2. The normalized spacial score (nSPS) is 15.0. The lowest BCUT2D eigenvalue weighted by Crippen LogP contribution is -2.45. The fourth-order valence-electron chi connectivity index (χ4n) is 3.59. The number of carbonyl (C=O) groups is 2. The van der Waals surface area contributed by atoms with E-state index in [9.17, 15) is 14.0 Å². The first-order valence-corrected chi connectivity index (χ1v) is 19.0. The fraction of sp³-hybridized carbons (Fsp3) is 0.467. The number of halogens is 1. The lowest BCUT2D eigenvalue weighted by atomic mass is 10.0. The SMILES string of the molecule is CC(C)(C)[Si](C)(C)Oc1ccc(C=CC(=O)N2C(=O)CCc3cc(F)ccc32)cc1O[Si](C)(C)C(C)(C)C. The number of nitrogens with zero attached hydrogens (tertiary/aromatic N) is 1. The van der Waals surface area contributed by atoms with E-state index in [4.69, 9.17) is 8.85 Å². The molecule has 0 fully saturated rings. The molecule has 0 bridgehead atoms. The highest BCUT2D eigenvalue weighted by Gasteiger charge is 2.42. The van der Waals surface area contributed by atoms with E-state index in [0.717, 1.165) is 10.5 Å². The molecule has 2 aromatic rings. The number of aryl methyl sites for hydroxylation is 1. The maximum Gasteiger partial charge on any atom is 0.257 e. The van der Waals surface area contributed by atoms with Crippen LogP contribution in [-0.2, 0) is 16.0 Å². The minimum absolute atomic E-state index is 0.00938. The van der Waals surface area contributed by atoms with Gasteiger partial charge in [0.15, 0.2) is 0 Å². The summed E-state index contributed by atoms with van der Waals surface area (Å²) in [6.07, 6.45) is 3.65. The van der Waals surface area contributed by atoms with E-state index in [0.29, 0.717) is 29.2 Å². The van der Waals surface area contributed by atoms with Crippen LogP contribution < -0.4 is 13.8 Å². The molecule has 0 saturated heterocycles. The van der Waals surface area contributed by atoms with Crippen molar-refractivity contribution in [2.24, 2.45) is 0 Å². The van der Waals surface area contributed by atoms with E-state index >= 15 is 0 Å². The quantitative estimate of drug-likeness (QED) is 0.267. The number of hydrogen-bond donors (Lipinski definition) is 0. The van der Waals surface area contributed by atoms with Crippen LogP contribution in [0.2, 0.25) is 36.3 Å². The minimum Gasteiger partial charge on any atom is -0.541 e. The number of benzene rings is 2. The third-order valence-corrected chi connectivity index (χ3v) is 16.8. The summed E-state index contributed by atoms with van der Waals surface area (Å²) in [5, 5.41) is 0.0109. The summed E-state index contributed by atoms with van der Waals surface area (Å²) in [6, 6.07) is 9.87. The molecule has 0 spiro atoms. The van der Waals surface area contributed by atoms with Gasteiger partial charge in [0.25, 0.3) is 22.5 Å². The maximum absolute atomic E-state index is 13.7. The first kappa shape index (κ1) is 29.8. The van der Waals surface area contributed by atoms with Crippen LogP contribution in [0.15, 0.2) is 42.5 Å². The molecule has 1 aliphatic rings. The van der Waals surface area contributed by atoms with E-state index in [2.05, 4.69) is 67.7 Å². The minimum atomic E-state index is -2.19. The Morgan fingerprint density at radius 1 is 0.868 bits per heavy atom. The van der Waals surface area contributed by atoms with Crippen molar-refractivity contribution in [1.82, 2.24) is 0 Å². The second kappa shape index (κ2) is 10.5. The largest absolute Gasteiger partial charge is 0.541 e. The molecule has 0 radical (unpaired) electrons. The highest BCUT2D eigenvalue weighted by molar-refractivity contribution is 6.75. The first-order chi connectivity index (χ1) is 17.3. The molecule has 0 saturated carbocycles. The Balaban J connectivity index is 1.96. The van der Waals surface area contributed by atoms with Crippen LogP contribution in [0, 0.1) is 5.82 Å². The Kier molecular flexibility index (Phi) is 8.21. The van der Waals surface area contributed by atoms with Gasteiger partial charge in [-0.2, -0.15) is 0 Å². The van der Waals surface area contributed by atoms with Crippen LogP contribution in [0.5, 0.6) is 11.5 Å². The van der Waals surface area contributed by atoms with Crippen molar-refractivity contribution in [3.8, 4) is 11.5 Å². The lowest BCUT2D eigenvalue weighted by molar-refractivity contribution is -0.124. The van der Waals surface area contributed by atoms with Gasteiger partial charge < -0.3 is 8.85 Å². The molecule has 8 heteroatoms. The zero-order valence-corrected chi connectivity index (χ0v) is 26.5. The van der Waals surface area contributed by atoms with E-state index in [-0.39, 0.29) is 28.2 Å². The Morgan fingerprint density at radius 3 is 2.03 bits per heavy atom. The number of anilines is 1. The number of carbonyl (C=O) groups excluding carboxylic acids is 2. The second-order valence-corrected chi connectivity index (χ2v) is 22.6.